The van der Waals surface area contributed by atoms with Crippen molar-refractivity contribution in [3.8, 4) is 0 Å². The Morgan fingerprint density at radius 2 is 2.26 bits per heavy atom. The average molecular weight is 382 g/mol. The van der Waals surface area contributed by atoms with Gasteiger partial charge in [-0.25, -0.2) is 4.79 Å². The van der Waals surface area contributed by atoms with Gasteiger partial charge in [-0.05, 0) is 29.0 Å². The molecule has 106 valence electrons. The van der Waals surface area contributed by atoms with Crippen LogP contribution in [0, 0.1) is 3.57 Å². The van der Waals surface area contributed by atoms with Gasteiger partial charge in [-0.3, -0.25) is 14.3 Å². The van der Waals surface area contributed by atoms with Gasteiger partial charge in [0.25, 0.3) is 5.56 Å². The van der Waals surface area contributed by atoms with Gasteiger partial charge in [-0.15, -0.1) is 0 Å². The molecule has 0 saturated carbocycles. The van der Waals surface area contributed by atoms with Crippen LogP contribution in [0.3, 0.4) is 0 Å². The van der Waals surface area contributed by atoms with E-state index in [1.54, 1.807) is 0 Å². The minimum Gasteiger partial charge on any atom is -0.388 e. The van der Waals surface area contributed by atoms with Crippen molar-refractivity contribution in [3.63, 3.8) is 0 Å². The van der Waals surface area contributed by atoms with Crippen LogP contribution in [0.4, 0.5) is 0 Å². The molecule has 1 fully saturated rings. The van der Waals surface area contributed by atoms with Crippen LogP contribution < -0.4 is 11.2 Å². The number of halogens is 1. The number of hydrogen-bond donors (Lipinski definition) is 2. The average Bonchev–Trinajstić information content (AvgIpc) is 2.70. The minimum absolute atomic E-state index is 0.366. The smallest absolute Gasteiger partial charge is 0.330 e. The highest BCUT2D eigenvalue weighted by molar-refractivity contribution is 14.1. The van der Waals surface area contributed by atoms with Crippen molar-refractivity contribution in [1.82, 2.24) is 9.55 Å². The Morgan fingerprint density at radius 3 is 2.84 bits per heavy atom. The quantitative estimate of drug-likeness (QED) is 0.708. The molecule has 1 aromatic rings. The molecule has 1 aromatic heterocycles. The summed E-state index contributed by atoms with van der Waals surface area (Å²) in [6.45, 7) is 1.88. The van der Waals surface area contributed by atoms with Gasteiger partial charge in [0.2, 0.25) is 0 Å². The molecule has 2 heterocycles. The number of nitrogens with one attached hydrogen (secondary N) is 1. The van der Waals surface area contributed by atoms with E-state index >= 15 is 0 Å². The van der Waals surface area contributed by atoms with Gasteiger partial charge in [-0.2, -0.15) is 0 Å². The summed E-state index contributed by atoms with van der Waals surface area (Å²) < 4.78 is 12.5. The Morgan fingerprint density at radius 1 is 1.58 bits per heavy atom. The van der Waals surface area contributed by atoms with Gasteiger partial charge in [0.15, 0.2) is 6.23 Å². The molecular formula is C11H15IN2O5. The van der Waals surface area contributed by atoms with Crippen molar-refractivity contribution in [2.24, 2.45) is 0 Å². The van der Waals surface area contributed by atoms with E-state index in [0.29, 0.717) is 9.99 Å². The van der Waals surface area contributed by atoms with Crippen molar-refractivity contribution in [3.05, 3.63) is 30.6 Å². The predicted octanol–water partition coefficient (Wildman–Crippen LogP) is -0.176. The lowest BCUT2D eigenvalue weighted by molar-refractivity contribution is -0.0543. The zero-order chi connectivity index (χ0) is 14.2. The number of rotatable bonds is 3. The summed E-state index contributed by atoms with van der Waals surface area (Å²) in [7, 11) is 1.45. The normalized spacial score (nSPS) is 30.7. The van der Waals surface area contributed by atoms with Crippen LogP contribution in [0.2, 0.25) is 0 Å². The van der Waals surface area contributed by atoms with E-state index in [-0.39, 0.29) is 0 Å². The third-order valence-electron chi connectivity index (χ3n) is 3.19. The highest BCUT2D eigenvalue weighted by Crippen LogP contribution is 2.31. The second kappa shape index (κ2) is 5.73. The molecule has 2 N–H and O–H groups in total. The number of aliphatic hydroxyl groups excluding tert-OH is 1. The van der Waals surface area contributed by atoms with Crippen molar-refractivity contribution < 1.29 is 14.6 Å². The Kier molecular flexibility index (Phi) is 4.43. The summed E-state index contributed by atoms with van der Waals surface area (Å²) >= 11 is 1.83. The van der Waals surface area contributed by atoms with Crippen molar-refractivity contribution in [2.45, 2.75) is 37.9 Å². The topological polar surface area (TPSA) is 93.6 Å². The van der Waals surface area contributed by atoms with Gasteiger partial charge in [0.1, 0.15) is 12.2 Å². The number of hydrogen-bond acceptors (Lipinski definition) is 5. The predicted molar refractivity (Wildman–Crippen MR) is 75.0 cm³/mol. The third-order valence-corrected chi connectivity index (χ3v) is 3.95. The fourth-order valence-electron chi connectivity index (χ4n) is 2.18. The summed E-state index contributed by atoms with van der Waals surface area (Å²) in [5.41, 5.74) is -1.03. The highest BCUT2D eigenvalue weighted by atomic mass is 127. The first-order valence-electron chi connectivity index (χ1n) is 5.86. The molecule has 0 aliphatic carbocycles. The Bertz CT molecular complexity index is 569. The standard InChI is InChI=1S/C11H15IN2O5/c1-3-6-7(15)8(18-2)10(19-6)14-4-5(12)9(16)13-11(14)17/h4,6-8,10,15H,3H2,1-2H3,(H,13,16,17)/t6-,7+,8?,10-/m1/s1. The largest absolute Gasteiger partial charge is 0.388 e. The molecule has 0 amide bonds. The molecule has 0 spiro atoms. The molecule has 0 radical (unpaired) electrons. The van der Waals surface area contributed by atoms with Gasteiger partial charge in [0.05, 0.1) is 9.67 Å². The van der Waals surface area contributed by atoms with Crippen LogP contribution in [-0.2, 0) is 9.47 Å². The number of aliphatic hydroxyl groups is 1. The minimum atomic E-state index is -0.809. The first kappa shape index (κ1) is 14.7. The molecule has 0 aromatic carbocycles. The molecule has 19 heavy (non-hydrogen) atoms. The van der Waals surface area contributed by atoms with E-state index in [4.69, 9.17) is 9.47 Å². The second-order valence-corrected chi connectivity index (χ2v) is 5.47. The lowest BCUT2D eigenvalue weighted by atomic mass is 10.1. The number of H-pyrrole nitrogens is 1. The molecule has 8 heteroatoms. The second-order valence-electron chi connectivity index (χ2n) is 4.31. The first-order chi connectivity index (χ1) is 8.99. The lowest BCUT2D eigenvalue weighted by Crippen LogP contribution is -2.39. The SMILES string of the molecule is CC[C@H]1O[C@@H](n2cc(I)c(=O)[nH]c2=O)C(OC)[C@H]1O. The fraction of sp³-hybridized carbons (Fsp3) is 0.636. The Hall–Kier alpha value is -0.710. The summed E-state index contributed by atoms with van der Waals surface area (Å²) in [6, 6.07) is 0. The summed E-state index contributed by atoms with van der Waals surface area (Å²) in [6.07, 6.45) is -0.592. The fourth-order valence-corrected chi connectivity index (χ4v) is 2.62. The van der Waals surface area contributed by atoms with Crippen LogP contribution in [0.1, 0.15) is 19.6 Å². The van der Waals surface area contributed by atoms with E-state index in [2.05, 4.69) is 4.98 Å². The van der Waals surface area contributed by atoms with Crippen LogP contribution in [-0.4, -0.2) is 40.1 Å². The summed E-state index contributed by atoms with van der Waals surface area (Å²) in [4.78, 5) is 25.4. The zero-order valence-corrected chi connectivity index (χ0v) is 12.7. The molecular weight excluding hydrogens is 367 g/mol. The molecule has 7 nitrogen and oxygen atoms in total. The van der Waals surface area contributed by atoms with Crippen LogP contribution >= 0.6 is 22.6 Å². The maximum absolute atomic E-state index is 11.8. The molecule has 2 rings (SSSR count). The number of methoxy groups -OCH3 is 1. The summed E-state index contributed by atoms with van der Waals surface area (Å²) in [5.74, 6) is 0. The number of aromatic amines is 1. The van der Waals surface area contributed by atoms with E-state index in [9.17, 15) is 14.7 Å². The van der Waals surface area contributed by atoms with Crippen LogP contribution in [0.25, 0.3) is 0 Å². The maximum Gasteiger partial charge on any atom is 0.330 e. The maximum atomic E-state index is 11.8. The van der Waals surface area contributed by atoms with E-state index in [1.165, 1.54) is 17.9 Å². The molecule has 4 atom stereocenters. The number of ether oxygens (including phenoxy) is 2. The van der Waals surface area contributed by atoms with E-state index in [0.717, 1.165) is 0 Å². The Balaban J connectivity index is 2.44. The molecule has 1 unspecified atom stereocenters. The van der Waals surface area contributed by atoms with Gasteiger partial charge >= 0.3 is 5.69 Å². The monoisotopic (exact) mass is 382 g/mol. The first-order valence-corrected chi connectivity index (χ1v) is 6.94. The Labute approximate surface area is 122 Å². The van der Waals surface area contributed by atoms with E-state index < -0.39 is 35.8 Å². The molecule has 0 bridgehead atoms. The van der Waals surface area contributed by atoms with Gasteiger partial charge in [0, 0.05) is 13.3 Å². The van der Waals surface area contributed by atoms with Crippen LogP contribution in [0.5, 0.6) is 0 Å². The van der Waals surface area contributed by atoms with Crippen LogP contribution in [0.15, 0.2) is 15.8 Å². The number of nitrogens with zero attached hydrogens (tertiary/aromatic N) is 1. The van der Waals surface area contributed by atoms with E-state index in [1.807, 2.05) is 29.5 Å². The van der Waals surface area contributed by atoms with Crippen molar-refractivity contribution >= 4 is 22.6 Å². The lowest BCUT2D eigenvalue weighted by Gasteiger charge is -2.20. The summed E-state index contributed by atoms with van der Waals surface area (Å²) in [5, 5.41) is 10.1. The van der Waals surface area contributed by atoms with Crippen molar-refractivity contribution in [2.75, 3.05) is 7.11 Å². The molecule has 1 aliphatic heterocycles. The molecule has 1 aliphatic rings. The zero-order valence-electron chi connectivity index (χ0n) is 10.5. The number of aromatic nitrogens is 2. The molecule has 1 saturated heterocycles. The van der Waals surface area contributed by atoms with Crippen molar-refractivity contribution in [1.29, 1.82) is 0 Å². The van der Waals surface area contributed by atoms with Gasteiger partial charge < -0.3 is 14.6 Å². The highest BCUT2D eigenvalue weighted by Gasteiger charge is 2.44. The third kappa shape index (κ3) is 2.62. The van der Waals surface area contributed by atoms with Gasteiger partial charge in [-0.1, -0.05) is 6.92 Å².